The van der Waals surface area contributed by atoms with Gasteiger partial charge < -0.3 is 14.0 Å². The number of hydrogen-bond acceptors (Lipinski definition) is 5. The summed E-state index contributed by atoms with van der Waals surface area (Å²) in [7, 11) is 1.29. The van der Waals surface area contributed by atoms with Gasteiger partial charge in [0.1, 0.15) is 0 Å². The number of ether oxygens (including phenoxy) is 1. The van der Waals surface area contributed by atoms with Gasteiger partial charge in [-0.2, -0.15) is 9.59 Å². The Morgan fingerprint density at radius 3 is 2.13 bits per heavy atom. The minimum atomic E-state index is -0.351. The van der Waals surface area contributed by atoms with Crippen molar-refractivity contribution in [1.82, 2.24) is 0 Å². The summed E-state index contributed by atoms with van der Waals surface area (Å²) in [4.78, 5) is 16.2. The van der Waals surface area contributed by atoms with Crippen LogP contribution in [0.3, 0.4) is 0 Å². The molecule has 0 aromatic heterocycles. The van der Waals surface area contributed by atoms with Crippen LogP contribution in [0.4, 0.5) is 0 Å². The summed E-state index contributed by atoms with van der Waals surface area (Å²) < 4.78 is 17.3. The SMILES string of the molecule is COC=Cc1ccc(C)cc1B1OC(C)(C)C(C)(C)O1.O=C=O. The van der Waals surface area contributed by atoms with Gasteiger partial charge in [-0.25, -0.2) is 0 Å². The Bertz CT molecular complexity index is 585. The first-order chi connectivity index (χ1) is 10.7. The highest BCUT2D eigenvalue weighted by Crippen LogP contribution is 2.36. The van der Waals surface area contributed by atoms with Crippen LogP contribution in [0, 0.1) is 6.92 Å². The maximum atomic E-state index is 8.12. The van der Waals surface area contributed by atoms with Gasteiger partial charge >= 0.3 is 13.3 Å². The van der Waals surface area contributed by atoms with Crippen molar-refractivity contribution in [2.24, 2.45) is 0 Å². The molecular formula is C17H23BO5. The van der Waals surface area contributed by atoms with Crippen molar-refractivity contribution >= 4 is 24.8 Å². The highest BCUT2D eigenvalue weighted by atomic mass is 16.7. The molecule has 0 spiro atoms. The summed E-state index contributed by atoms with van der Waals surface area (Å²) in [5.74, 6) is 0. The molecule has 0 amide bonds. The zero-order chi connectivity index (χ0) is 17.7. The Kier molecular flexibility index (Phi) is 6.33. The van der Waals surface area contributed by atoms with Crippen LogP contribution in [-0.2, 0) is 23.6 Å². The van der Waals surface area contributed by atoms with Crippen molar-refractivity contribution in [2.45, 2.75) is 45.8 Å². The molecule has 1 aromatic carbocycles. The Labute approximate surface area is 137 Å². The van der Waals surface area contributed by atoms with E-state index >= 15 is 0 Å². The predicted molar refractivity (Wildman–Crippen MR) is 87.9 cm³/mol. The van der Waals surface area contributed by atoms with E-state index in [1.165, 1.54) is 5.56 Å². The largest absolute Gasteiger partial charge is 0.504 e. The van der Waals surface area contributed by atoms with Gasteiger partial charge in [0.2, 0.25) is 0 Å². The number of hydrogen-bond donors (Lipinski definition) is 0. The van der Waals surface area contributed by atoms with Gasteiger partial charge in [-0.05, 0) is 51.7 Å². The van der Waals surface area contributed by atoms with Gasteiger partial charge in [-0.15, -0.1) is 0 Å². The van der Waals surface area contributed by atoms with Crippen LogP contribution in [0.1, 0.15) is 38.8 Å². The van der Waals surface area contributed by atoms with Gasteiger partial charge in [0.25, 0.3) is 0 Å². The molecule has 1 saturated heterocycles. The molecule has 2 rings (SSSR count). The number of carbonyl (C=O) groups excluding carboxylic acids is 2. The summed E-state index contributed by atoms with van der Waals surface area (Å²) in [6.07, 6.45) is 3.85. The summed E-state index contributed by atoms with van der Waals surface area (Å²) >= 11 is 0. The minimum Gasteiger partial charge on any atom is -0.504 e. The molecule has 5 nitrogen and oxygen atoms in total. The number of rotatable bonds is 3. The molecule has 1 heterocycles. The molecule has 0 radical (unpaired) electrons. The fraction of sp³-hybridized carbons (Fsp3) is 0.471. The number of benzene rings is 1. The van der Waals surface area contributed by atoms with E-state index in [-0.39, 0.29) is 24.5 Å². The van der Waals surface area contributed by atoms with Crippen molar-refractivity contribution in [3.8, 4) is 0 Å². The van der Waals surface area contributed by atoms with E-state index in [9.17, 15) is 0 Å². The first-order valence-corrected chi connectivity index (χ1v) is 7.33. The van der Waals surface area contributed by atoms with E-state index in [2.05, 4.69) is 52.8 Å². The molecule has 1 aliphatic rings. The Morgan fingerprint density at radius 2 is 1.65 bits per heavy atom. The lowest BCUT2D eigenvalue weighted by Gasteiger charge is -2.32. The monoisotopic (exact) mass is 318 g/mol. The van der Waals surface area contributed by atoms with E-state index in [1.54, 1.807) is 13.4 Å². The van der Waals surface area contributed by atoms with E-state index in [1.807, 2.05) is 6.08 Å². The molecule has 1 aromatic rings. The molecule has 1 aliphatic heterocycles. The smallest absolute Gasteiger partial charge is 0.495 e. The molecule has 0 atom stereocenters. The highest BCUT2D eigenvalue weighted by molar-refractivity contribution is 6.63. The van der Waals surface area contributed by atoms with Gasteiger partial charge in [-0.1, -0.05) is 23.8 Å². The fourth-order valence-corrected chi connectivity index (χ4v) is 2.16. The van der Waals surface area contributed by atoms with Crippen LogP contribution in [-0.4, -0.2) is 31.6 Å². The van der Waals surface area contributed by atoms with Crippen LogP contribution < -0.4 is 5.46 Å². The third-order valence-corrected chi connectivity index (χ3v) is 4.13. The highest BCUT2D eigenvalue weighted by Gasteiger charge is 2.52. The molecule has 0 saturated carbocycles. The van der Waals surface area contributed by atoms with Gasteiger partial charge in [-0.3, -0.25) is 0 Å². The van der Waals surface area contributed by atoms with Crippen molar-refractivity contribution in [1.29, 1.82) is 0 Å². The van der Waals surface area contributed by atoms with Gasteiger partial charge in [0.15, 0.2) is 0 Å². The number of methoxy groups -OCH3 is 1. The third kappa shape index (κ3) is 4.55. The van der Waals surface area contributed by atoms with Crippen LogP contribution >= 0.6 is 0 Å². The van der Waals surface area contributed by atoms with Gasteiger partial charge in [0.05, 0.1) is 24.6 Å². The van der Waals surface area contributed by atoms with Crippen LogP contribution in [0.5, 0.6) is 0 Å². The van der Waals surface area contributed by atoms with Crippen LogP contribution in [0.25, 0.3) is 6.08 Å². The second-order valence-electron chi connectivity index (χ2n) is 6.34. The normalized spacial score (nSPS) is 18.3. The average Bonchev–Trinajstić information content (AvgIpc) is 2.67. The molecule has 1 fully saturated rings. The first kappa shape index (κ1) is 19.2. The summed E-state index contributed by atoms with van der Waals surface area (Å²) in [6, 6.07) is 6.24. The third-order valence-electron chi connectivity index (χ3n) is 4.13. The average molecular weight is 318 g/mol. The quantitative estimate of drug-likeness (QED) is 0.632. The molecule has 0 unspecified atom stereocenters. The van der Waals surface area contributed by atoms with E-state index in [0.717, 1.165) is 11.0 Å². The summed E-state index contributed by atoms with van der Waals surface area (Å²) in [6.45, 7) is 10.3. The first-order valence-electron chi connectivity index (χ1n) is 7.33. The van der Waals surface area contributed by atoms with Crippen LogP contribution in [0.2, 0.25) is 0 Å². The number of aryl methyl sites for hydroxylation is 1. The lowest BCUT2D eigenvalue weighted by atomic mass is 9.75. The molecule has 0 N–H and O–H groups in total. The lowest BCUT2D eigenvalue weighted by molar-refractivity contribution is -0.191. The summed E-state index contributed by atoms with van der Waals surface area (Å²) in [5, 5.41) is 0. The second-order valence-corrected chi connectivity index (χ2v) is 6.34. The maximum absolute atomic E-state index is 8.12. The summed E-state index contributed by atoms with van der Waals surface area (Å²) in [5.41, 5.74) is 2.62. The molecule has 124 valence electrons. The topological polar surface area (TPSA) is 61.8 Å². The van der Waals surface area contributed by atoms with Crippen LogP contribution in [0.15, 0.2) is 24.5 Å². The molecular weight excluding hydrogens is 295 g/mol. The Balaban J connectivity index is 0.000000816. The van der Waals surface area contributed by atoms with E-state index in [4.69, 9.17) is 23.6 Å². The van der Waals surface area contributed by atoms with Crippen molar-refractivity contribution in [3.63, 3.8) is 0 Å². The molecule has 23 heavy (non-hydrogen) atoms. The Morgan fingerprint density at radius 1 is 1.13 bits per heavy atom. The second kappa shape index (κ2) is 7.60. The van der Waals surface area contributed by atoms with Crippen molar-refractivity contribution < 1.29 is 23.6 Å². The molecule has 0 bridgehead atoms. The lowest BCUT2D eigenvalue weighted by Crippen LogP contribution is -2.41. The van der Waals surface area contributed by atoms with Crippen molar-refractivity contribution in [3.05, 3.63) is 35.6 Å². The van der Waals surface area contributed by atoms with E-state index in [0.29, 0.717) is 0 Å². The molecule has 0 aliphatic carbocycles. The van der Waals surface area contributed by atoms with Crippen molar-refractivity contribution in [2.75, 3.05) is 7.11 Å². The van der Waals surface area contributed by atoms with E-state index < -0.39 is 0 Å². The predicted octanol–water partition coefficient (Wildman–Crippen LogP) is 2.33. The Hall–Kier alpha value is -1.88. The minimum absolute atomic E-state index is 0.250. The zero-order valence-corrected chi connectivity index (χ0v) is 14.5. The fourth-order valence-electron chi connectivity index (χ4n) is 2.16. The maximum Gasteiger partial charge on any atom is 0.495 e. The molecule has 6 heteroatoms. The standard InChI is InChI=1S/C16H23BO3.CO2/c1-12-7-8-13(9-10-18-6)14(11-12)17-19-15(2,3)16(4,5)20-17;2-1-3/h7-11H,1-6H3;. The zero-order valence-electron chi connectivity index (χ0n) is 14.5. The van der Waals surface area contributed by atoms with Gasteiger partial charge in [0, 0.05) is 0 Å².